The van der Waals surface area contributed by atoms with Crippen molar-refractivity contribution in [3.05, 3.63) is 30.6 Å². The number of imidazole rings is 1. The molecule has 1 saturated heterocycles. The summed E-state index contributed by atoms with van der Waals surface area (Å²) in [6.45, 7) is 9.32. The first-order chi connectivity index (χ1) is 14.7. The first-order valence-corrected chi connectivity index (χ1v) is 11.0. The molecule has 1 aliphatic rings. The average Bonchev–Trinajstić information content (AvgIpc) is 3.13. The minimum absolute atomic E-state index is 0.0993. The molecular weight excluding hydrogens is 396 g/mol. The molecule has 0 aliphatic carbocycles. The van der Waals surface area contributed by atoms with Crippen LogP contribution in [-0.2, 0) is 14.3 Å². The zero-order valence-electron chi connectivity index (χ0n) is 19.0. The number of carbonyl (C=O) groups is 2. The van der Waals surface area contributed by atoms with Crippen LogP contribution in [0.1, 0.15) is 53.4 Å². The largest absolute Gasteiger partial charge is 0.465 e. The van der Waals surface area contributed by atoms with E-state index in [4.69, 9.17) is 9.47 Å². The van der Waals surface area contributed by atoms with E-state index >= 15 is 0 Å². The summed E-state index contributed by atoms with van der Waals surface area (Å²) in [5, 5.41) is 0. The summed E-state index contributed by atoms with van der Waals surface area (Å²) < 4.78 is 12.8. The van der Waals surface area contributed by atoms with Crippen molar-refractivity contribution in [3.63, 3.8) is 0 Å². The maximum absolute atomic E-state index is 12.2. The molecular formula is C23H34N4O4. The van der Waals surface area contributed by atoms with Crippen molar-refractivity contribution >= 4 is 23.1 Å². The van der Waals surface area contributed by atoms with Gasteiger partial charge in [0, 0.05) is 25.6 Å². The van der Waals surface area contributed by atoms with E-state index in [1.54, 1.807) is 11.2 Å². The molecule has 1 atom stereocenters. The zero-order valence-corrected chi connectivity index (χ0v) is 19.0. The quantitative estimate of drug-likeness (QED) is 0.670. The number of aromatic nitrogens is 2. The molecule has 8 nitrogen and oxygen atoms in total. The van der Waals surface area contributed by atoms with Crippen LogP contribution in [0, 0.1) is 5.92 Å². The highest BCUT2D eigenvalue weighted by Crippen LogP contribution is 2.20. The van der Waals surface area contributed by atoms with Crippen LogP contribution in [0.5, 0.6) is 0 Å². The molecule has 0 radical (unpaired) electrons. The Hall–Kier alpha value is -2.77. The van der Waals surface area contributed by atoms with Crippen molar-refractivity contribution < 1.29 is 19.1 Å². The maximum atomic E-state index is 12.2. The number of ether oxygens (including phenoxy) is 2. The maximum Gasteiger partial charge on any atom is 0.410 e. The van der Waals surface area contributed by atoms with Gasteiger partial charge in [0.05, 0.1) is 17.6 Å². The summed E-state index contributed by atoms with van der Waals surface area (Å²) in [5.41, 5.74) is 4.81. The Labute approximate surface area is 183 Å². The van der Waals surface area contributed by atoms with E-state index in [-0.39, 0.29) is 24.0 Å². The van der Waals surface area contributed by atoms with E-state index in [0.717, 1.165) is 23.9 Å². The van der Waals surface area contributed by atoms with Gasteiger partial charge >= 0.3 is 12.1 Å². The lowest BCUT2D eigenvalue weighted by Gasteiger charge is -2.33. The number of hydrogen-bond acceptors (Lipinski definition) is 6. The number of piperidine rings is 1. The number of likely N-dealkylation sites (tertiary alicyclic amines) is 1. The van der Waals surface area contributed by atoms with Crippen LogP contribution in [0.15, 0.2) is 30.6 Å². The molecule has 1 aliphatic heterocycles. The second-order valence-corrected chi connectivity index (χ2v) is 9.27. The van der Waals surface area contributed by atoms with Crippen LogP contribution in [0.25, 0.3) is 11.0 Å². The van der Waals surface area contributed by atoms with Crippen LogP contribution in [-0.4, -0.2) is 58.0 Å². The molecule has 2 heterocycles. The summed E-state index contributed by atoms with van der Waals surface area (Å²) in [6.07, 6.45) is 4.15. The Morgan fingerprint density at radius 1 is 1.23 bits per heavy atom. The standard InChI is InChI=1S/C23H34N4O4/c1-17(25-27-16-24-19-7-5-6-8-20(19)27)9-10-21(28)30-15-18-11-13-26(14-12-18)22(29)31-23(2,3)4/h5-8,16-18,25H,9-15H2,1-4H3. The van der Waals surface area contributed by atoms with E-state index in [9.17, 15) is 9.59 Å². The number of nitrogens with one attached hydrogen (secondary N) is 1. The van der Waals surface area contributed by atoms with E-state index in [2.05, 4.69) is 10.4 Å². The molecule has 0 spiro atoms. The lowest BCUT2D eigenvalue weighted by molar-refractivity contribution is -0.145. The molecule has 1 aromatic heterocycles. The number of benzene rings is 1. The highest BCUT2D eigenvalue weighted by molar-refractivity contribution is 5.75. The van der Waals surface area contributed by atoms with E-state index in [1.165, 1.54) is 0 Å². The van der Waals surface area contributed by atoms with Gasteiger partial charge < -0.3 is 19.8 Å². The fourth-order valence-electron chi connectivity index (χ4n) is 3.59. The highest BCUT2D eigenvalue weighted by atomic mass is 16.6. The smallest absolute Gasteiger partial charge is 0.410 e. The predicted octanol–water partition coefficient (Wildman–Crippen LogP) is 3.94. The Morgan fingerprint density at radius 3 is 2.65 bits per heavy atom. The van der Waals surface area contributed by atoms with Gasteiger partial charge in [0.15, 0.2) is 0 Å². The Balaban J connectivity index is 1.33. The molecule has 31 heavy (non-hydrogen) atoms. The number of esters is 1. The summed E-state index contributed by atoms with van der Waals surface area (Å²) in [7, 11) is 0. The van der Waals surface area contributed by atoms with Gasteiger partial charge in [-0.25, -0.2) is 14.5 Å². The van der Waals surface area contributed by atoms with Crippen molar-refractivity contribution in [1.29, 1.82) is 0 Å². The summed E-state index contributed by atoms with van der Waals surface area (Å²) >= 11 is 0. The van der Waals surface area contributed by atoms with Gasteiger partial charge in [-0.2, -0.15) is 0 Å². The van der Waals surface area contributed by atoms with Gasteiger partial charge in [-0.05, 0) is 65.0 Å². The normalized spacial score (nSPS) is 16.2. The second kappa shape index (κ2) is 10.0. The van der Waals surface area contributed by atoms with Crippen molar-refractivity contribution in [2.45, 2.75) is 65.0 Å². The van der Waals surface area contributed by atoms with Crippen molar-refractivity contribution in [3.8, 4) is 0 Å². The van der Waals surface area contributed by atoms with Crippen LogP contribution < -0.4 is 5.43 Å². The molecule has 1 fully saturated rings. The summed E-state index contributed by atoms with van der Waals surface area (Å²) in [4.78, 5) is 30.4. The van der Waals surface area contributed by atoms with Crippen molar-refractivity contribution in [1.82, 2.24) is 14.6 Å². The number of fused-ring (bicyclic) bond motifs is 1. The highest BCUT2D eigenvalue weighted by Gasteiger charge is 2.27. The van der Waals surface area contributed by atoms with Crippen LogP contribution >= 0.6 is 0 Å². The van der Waals surface area contributed by atoms with E-state index < -0.39 is 5.60 Å². The summed E-state index contributed by atoms with van der Waals surface area (Å²) in [5.74, 6) is 0.106. The Bertz CT molecular complexity index is 881. The van der Waals surface area contributed by atoms with Gasteiger partial charge in [0.2, 0.25) is 0 Å². The molecule has 0 bridgehead atoms. The first-order valence-electron chi connectivity index (χ1n) is 11.0. The molecule has 1 amide bonds. The van der Waals surface area contributed by atoms with Gasteiger partial charge in [-0.15, -0.1) is 0 Å². The molecule has 3 rings (SSSR count). The third-order valence-corrected chi connectivity index (χ3v) is 5.34. The number of amides is 1. The van der Waals surface area contributed by atoms with Gasteiger partial charge in [0.1, 0.15) is 11.9 Å². The van der Waals surface area contributed by atoms with Crippen LogP contribution in [0.2, 0.25) is 0 Å². The monoisotopic (exact) mass is 430 g/mol. The molecule has 1 aromatic carbocycles. The Kier molecular flexibility index (Phi) is 7.41. The van der Waals surface area contributed by atoms with Gasteiger partial charge in [-0.1, -0.05) is 12.1 Å². The Morgan fingerprint density at radius 2 is 1.94 bits per heavy atom. The molecule has 170 valence electrons. The van der Waals surface area contributed by atoms with Crippen molar-refractivity contribution in [2.75, 3.05) is 25.1 Å². The topological polar surface area (TPSA) is 85.7 Å². The molecule has 8 heteroatoms. The van der Waals surface area contributed by atoms with Gasteiger partial charge in [-0.3, -0.25) is 4.79 Å². The summed E-state index contributed by atoms with van der Waals surface area (Å²) in [6, 6.07) is 8.00. The third-order valence-electron chi connectivity index (χ3n) is 5.34. The number of nitrogens with zero attached hydrogens (tertiary/aromatic N) is 3. The van der Waals surface area contributed by atoms with Crippen LogP contribution in [0.4, 0.5) is 4.79 Å². The SMILES string of the molecule is CC(CCC(=O)OCC1CCN(C(=O)OC(C)(C)C)CC1)Nn1cnc2ccccc21. The molecule has 2 aromatic rings. The molecule has 1 N–H and O–H groups in total. The predicted molar refractivity (Wildman–Crippen MR) is 119 cm³/mol. The number of rotatable bonds is 7. The number of hydrogen-bond donors (Lipinski definition) is 1. The molecule has 0 saturated carbocycles. The third kappa shape index (κ3) is 6.87. The zero-order chi connectivity index (χ0) is 22.4. The van der Waals surface area contributed by atoms with Gasteiger partial charge in [0.25, 0.3) is 0 Å². The fourth-order valence-corrected chi connectivity index (χ4v) is 3.59. The lowest BCUT2D eigenvalue weighted by Crippen LogP contribution is -2.42. The van der Waals surface area contributed by atoms with Crippen molar-refractivity contribution in [2.24, 2.45) is 5.92 Å². The average molecular weight is 431 g/mol. The van der Waals surface area contributed by atoms with E-state index in [0.29, 0.717) is 32.5 Å². The fraction of sp³-hybridized carbons (Fsp3) is 0.609. The second-order valence-electron chi connectivity index (χ2n) is 9.27. The lowest BCUT2D eigenvalue weighted by atomic mass is 9.98. The minimum Gasteiger partial charge on any atom is -0.465 e. The number of carbonyl (C=O) groups excluding carboxylic acids is 2. The van der Waals surface area contributed by atoms with E-state index in [1.807, 2.05) is 56.6 Å². The first kappa shape index (κ1) is 22.9. The number of para-hydroxylation sites is 2. The molecule has 1 unspecified atom stereocenters. The van der Waals surface area contributed by atoms with Crippen LogP contribution in [0.3, 0.4) is 0 Å². The minimum atomic E-state index is -0.486.